The van der Waals surface area contributed by atoms with Crippen LogP contribution in [0.5, 0.6) is 0 Å². The van der Waals surface area contributed by atoms with Crippen LogP contribution in [-0.2, 0) is 0 Å². The molecular formula is C46H28N4O. The Morgan fingerprint density at radius 3 is 1.51 bits per heavy atom. The molecule has 0 amide bonds. The van der Waals surface area contributed by atoms with Crippen LogP contribution in [0.15, 0.2) is 174 Å². The Hall–Kier alpha value is -6.98. The summed E-state index contributed by atoms with van der Waals surface area (Å²) >= 11 is 0. The SMILES string of the molecule is c1ccc(-c2cc(-c3ccc(-c4nc(-c5ccccc5)nc(-c5ccccc5)n4)c4ccccc34)c3c(n2)oc2cc4ccccc4cc23)cc1. The first-order valence-electron chi connectivity index (χ1n) is 17.0. The average Bonchev–Trinajstić information content (AvgIpc) is 3.57. The fourth-order valence-corrected chi connectivity index (χ4v) is 7.09. The van der Waals surface area contributed by atoms with E-state index in [1.54, 1.807) is 0 Å². The Balaban J connectivity index is 1.24. The molecule has 0 aliphatic carbocycles. The summed E-state index contributed by atoms with van der Waals surface area (Å²) < 4.78 is 6.56. The van der Waals surface area contributed by atoms with Crippen LogP contribution in [0.3, 0.4) is 0 Å². The summed E-state index contributed by atoms with van der Waals surface area (Å²) in [6.45, 7) is 0. The van der Waals surface area contributed by atoms with Crippen molar-refractivity contribution in [2.24, 2.45) is 0 Å². The van der Waals surface area contributed by atoms with Crippen molar-refractivity contribution in [2.45, 2.75) is 0 Å². The number of fused-ring (bicyclic) bond motifs is 5. The molecule has 238 valence electrons. The smallest absolute Gasteiger partial charge is 0.228 e. The van der Waals surface area contributed by atoms with E-state index in [2.05, 4.69) is 91.0 Å². The van der Waals surface area contributed by atoms with Gasteiger partial charge in [-0.3, -0.25) is 0 Å². The Bertz CT molecular complexity index is 2840. The molecule has 5 heteroatoms. The fraction of sp³-hybridized carbons (Fsp3) is 0. The molecule has 0 aliphatic heterocycles. The largest absolute Gasteiger partial charge is 0.438 e. The van der Waals surface area contributed by atoms with E-state index in [-0.39, 0.29) is 0 Å². The van der Waals surface area contributed by atoms with Crippen molar-refractivity contribution < 1.29 is 4.42 Å². The van der Waals surface area contributed by atoms with Gasteiger partial charge in [0.1, 0.15) is 5.58 Å². The number of nitrogens with zero attached hydrogens (tertiary/aromatic N) is 4. The normalized spacial score (nSPS) is 11.5. The lowest BCUT2D eigenvalue weighted by Gasteiger charge is -2.14. The zero-order valence-corrected chi connectivity index (χ0v) is 27.4. The zero-order chi connectivity index (χ0) is 33.7. The number of benzene rings is 7. The van der Waals surface area contributed by atoms with E-state index in [1.807, 2.05) is 78.9 Å². The van der Waals surface area contributed by atoms with Crippen molar-refractivity contribution in [1.82, 2.24) is 19.9 Å². The number of furan rings is 1. The van der Waals surface area contributed by atoms with Gasteiger partial charge in [-0.2, -0.15) is 0 Å². The lowest BCUT2D eigenvalue weighted by Crippen LogP contribution is -2.00. The van der Waals surface area contributed by atoms with Crippen LogP contribution in [0, 0.1) is 0 Å². The van der Waals surface area contributed by atoms with Crippen LogP contribution in [0.1, 0.15) is 0 Å². The van der Waals surface area contributed by atoms with Crippen molar-refractivity contribution in [3.8, 4) is 56.5 Å². The monoisotopic (exact) mass is 652 g/mol. The lowest BCUT2D eigenvalue weighted by molar-refractivity contribution is 0.655. The molecule has 0 atom stereocenters. The van der Waals surface area contributed by atoms with Gasteiger partial charge in [-0.15, -0.1) is 0 Å². The molecule has 3 aromatic heterocycles. The average molecular weight is 653 g/mol. The van der Waals surface area contributed by atoms with E-state index in [1.165, 1.54) is 0 Å². The molecule has 10 aromatic rings. The van der Waals surface area contributed by atoms with Gasteiger partial charge in [0.05, 0.1) is 11.1 Å². The molecule has 0 saturated heterocycles. The number of aromatic nitrogens is 4. The Kier molecular flexibility index (Phi) is 6.74. The van der Waals surface area contributed by atoms with E-state index >= 15 is 0 Å². The fourth-order valence-electron chi connectivity index (χ4n) is 7.09. The molecule has 5 nitrogen and oxygen atoms in total. The first-order chi connectivity index (χ1) is 25.3. The van der Waals surface area contributed by atoms with Gasteiger partial charge in [-0.1, -0.05) is 146 Å². The van der Waals surface area contributed by atoms with Crippen LogP contribution in [0.2, 0.25) is 0 Å². The van der Waals surface area contributed by atoms with Gasteiger partial charge in [0.2, 0.25) is 5.71 Å². The molecule has 0 aliphatic rings. The molecular weight excluding hydrogens is 625 g/mol. The maximum absolute atomic E-state index is 6.56. The summed E-state index contributed by atoms with van der Waals surface area (Å²) in [7, 11) is 0. The summed E-state index contributed by atoms with van der Waals surface area (Å²) in [5, 5.41) is 6.45. The maximum atomic E-state index is 6.56. The molecule has 0 saturated carbocycles. The molecule has 0 bridgehead atoms. The highest BCUT2D eigenvalue weighted by Crippen LogP contribution is 2.43. The van der Waals surface area contributed by atoms with Gasteiger partial charge in [0.15, 0.2) is 17.5 Å². The minimum Gasteiger partial charge on any atom is -0.438 e. The predicted octanol–water partition coefficient (Wildman–Crippen LogP) is 11.8. The third-order valence-electron chi connectivity index (χ3n) is 9.53. The van der Waals surface area contributed by atoms with Crippen molar-refractivity contribution >= 4 is 43.6 Å². The summed E-state index contributed by atoms with van der Waals surface area (Å²) in [5.41, 5.74) is 8.25. The van der Waals surface area contributed by atoms with Crippen LogP contribution in [-0.4, -0.2) is 19.9 Å². The standard InChI is InChI=1S/C46H28N4O/c1-4-14-29(15-5-1)40-28-38(42-39-26-32-20-10-11-21-33(32)27-41(39)51-46(42)47-40)36-24-25-37(35-23-13-12-22-34(35)36)45-49-43(30-16-6-2-7-17-30)48-44(50-45)31-18-8-3-9-19-31/h1-28H. The molecule has 3 heterocycles. The van der Waals surface area contributed by atoms with E-state index < -0.39 is 0 Å². The summed E-state index contributed by atoms with van der Waals surface area (Å²) in [6, 6.07) is 58.2. The third-order valence-corrected chi connectivity index (χ3v) is 9.53. The third kappa shape index (κ3) is 5.03. The van der Waals surface area contributed by atoms with E-state index in [0.717, 1.165) is 77.0 Å². The summed E-state index contributed by atoms with van der Waals surface area (Å²) in [4.78, 5) is 20.2. The van der Waals surface area contributed by atoms with Crippen LogP contribution < -0.4 is 0 Å². The summed E-state index contributed by atoms with van der Waals surface area (Å²) in [5.74, 6) is 1.89. The van der Waals surface area contributed by atoms with Gasteiger partial charge in [0.25, 0.3) is 0 Å². The van der Waals surface area contributed by atoms with Gasteiger partial charge in [-0.25, -0.2) is 19.9 Å². The van der Waals surface area contributed by atoms with Gasteiger partial charge in [0, 0.05) is 27.6 Å². The molecule has 51 heavy (non-hydrogen) atoms. The quantitative estimate of drug-likeness (QED) is 0.185. The Morgan fingerprint density at radius 2 is 0.863 bits per heavy atom. The van der Waals surface area contributed by atoms with E-state index in [0.29, 0.717) is 23.2 Å². The molecule has 7 aromatic carbocycles. The highest BCUT2D eigenvalue weighted by molar-refractivity contribution is 6.18. The predicted molar refractivity (Wildman–Crippen MR) is 207 cm³/mol. The molecule has 0 N–H and O–H groups in total. The van der Waals surface area contributed by atoms with E-state index in [4.69, 9.17) is 24.4 Å². The van der Waals surface area contributed by atoms with Gasteiger partial charge < -0.3 is 4.42 Å². The number of hydrogen-bond acceptors (Lipinski definition) is 5. The highest BCUT2D eigenvalue weighted by Gasteiger charge is 2.21. The van der Waals surface area contributed by atoms with Crippen LogP contribution in [0.4, 0.5) is 0 Å². The number of hydrogen-bond donors (Lipinski definition) is 0. The number of rotatable bonds is 5. The van der Waals surface area contributed by atoms with Crippen LogP contribution in [0.25, 0.3) is 100 Å². The first-order valence-corrected chi connectivity index (χ1v) is 17.0. The Labute approximate surface area is 293 Å². The summed E-state index contributed by atoms with van der Waals surface area (Å²) in [6.07, 6.45) is 0. The topological polar surface area (TPSA) is 64.7 Å². The van der Waals surface area contributed by atoms with Crippen molar-refractivity contribution in [1.29, 1.82) is 0 Å². The first kappa shape index (κ1) is 29.0. The second kappa shape index (κ2) is 11.9. The minimum absolute atomic E-state index is 0.613. The van der Waals surface area contributed by atoms with Crippen molar-refractivity contribution in [3.63, 3.8) is 0 Å². The highest BCUT2D eigenvalue weighted by atomic mass is 16.3. The number of pyridine rings is 1. The molecule has 10 rings (SSSR count). The Morgan fingerprint density at radius 1 is 0.353 bits per heavy atom. The molecule has 0 unspecified atom stereocenters. The van der Waals surface area contributed by atoms with Crippen molar-refractivity contribution in [3.05, 3.63) is 170 Å². The second-order valence-corrected chi connectivity index (χ2v) is 12.6. The van der Waals surface area contributed by atoms with Crippen molar-refractivity contribution in [2.75, 3.05) is 0 Å². The van der Waals surface area contributed by atoms with Gasteiger partial charge in [-0.05, 0) is 56.9 Å². The molecule has 0 fully saturated rings. The second-order valence-electron chi connectivity index (χ2n) is 12.6. The van der Waals surface area contributed by atoms with Gasteiger partial charge >= 0.3 is 0 Å². The van der Waals surface area contributed by atoms with Crippen LogP contribution >= 0.6 is 0 Å². The van der Waals surface area contributed by atoms with E-state index in [9.17, 15) is 0 Å². The minimum atomic E-state index is 0.613. The molecule has 0 radical (unpaired) electrons. The lowest BCUT2D eigenvalue weighted by atomic mass is 9.91. The zero-order valence-electron chi connectivity index (χ0n) is 27.4. The molecule has 0 spiro atoms. The maximum Gasteiger partial charge on any atom is 0.228 e.